The number of carbonyl (C=O) groups is 1. The van der Waals surface area contributed by atoms with Crippen molar-refractivity contribution in [2.45, 2.75) is 44.6 Å². The van der Waals surface area contributed by atoms with Gasteiger partial charge in [-0.2, -0.15) is 0 Å². The molecule has 1 aliphatic heterocycles. The van der Waals surface area contributed by atoms with Gasteiger partial charge in [0.1, 0.15) is 0 Å². The minimum atomic E-state index is -3.01. The van der Waals surface area contributed by atoms with E-state index >= 15 is 0 Å². The molecule has 0 radical (unpaired) electrons. The van der Waals surface area contributed by atoms with Crippen LogP contribution in [0.4, 0.5) is 4.79 Å². The zero-order chi connectivity index (χ0) is 16.5. The van der Waals surface area contributed by atoms with Gasteiger partial charge >= 0.3 is 6.03 Å². The van der Waals surface area contributed by atoms with Crippen molar-refractivity contribution in [2.75, 3.05) is 38.3 Å². The van der Waals surface area contributed by atoms with E-state index in [-0.39, 0.29) is 29.0 Å². The highest BCUT2D eigenvalue weighted by Crippen LogP contribution is 2.40. The van der Waals surface area contributed by atoms with Crippen LogP contribution in [0, 0.1) is 11.3 Å². The predicted molar refractivity (Wildman–Crippen MR) is 88.0 cm³/mol. The van der Waals surface area contributed by atoms with Gasteiger partial charge in [0.25, 0.3) is 0 Å². The van der Waals surface area contributed by atoms with Crippen LogP contribution in [0.15, 0.2) is 0 Å². The molecule has 23 heavy (non-hydrogen) atoms. The van der Waals surface area contributed by atoms with E-state index in [1.54, 1.807) is 12.0 Å². The zero-order valence-electron chi connectivity index (χ0n) is 13.9. The third-order valence-electron chi connectivity index (χ3n) is 5.90. The summed E-state index contributed by atoms with van der Waals surface area (Å²) in [6.45, 7) is 1.63. The molecule has 6 nitrogen and oxygen atoms in total. The van der Waals surface area contributed by atoms with Gasteiger partial charge in [0.2, 0.25) is 0 Å². The normalized spacial score (nSPS) is 29.4. The second-order valence-corrected chi connectivity index (χ2v) is 9.74. The number of nitrogens with zero attached hydrogens (tertiary/aromatic N) is 1. The molecule has 7 heteroatoms. The van der Waals surface area contributed by atoms with Crippen molar-refractivity contribution < 1.29 is 17.9 Å². The molecule has 0 spiro atoms. The molecule has 2 aliphatic carbocycles. The Morgan fingerprint density at radius 1 is 1.30 bits per heavy atom. The second-order valence-electron chi connectivity index (χ2n) is 7.51. The molecular weight excluding hydrogens is 316 g/mol. The van der Waals surface area contributed by atoms with Crippen molar-refractivity contribution in [3.8, 4) is 0 Å². The molecule has 1 saturated heterocycles. The van der Waals surface area contributed by atoms with E-state index in [4.69, 9.17) is 4.74 Å². The van der Waals surface area contributed by atoms with E-state index in [0.29, 0.717) is 25.6 Å². The molecule has 1 heterocycles. The minimum Gasteiger partial charge on any atom is -0.384 e. The Hall–Kier alpha value is -0.820. The third-order valence-corrected chi connectivity index (χ3v) is 7.56. The Labute approximate surface area is 138 Å². The predicted octanol–water partition coefficient (Wildman–Crippen LogP) is 1.41. The number of carbonyl (C=O) groups excluding carboxylic acids is 1. The second kappa shape index (κ2) is 6.59. The van der Waals surface area contributed by atoms with Gasteiger partial charge in [-0.15, -0.1) is 0 Å². The van der Waals surface area contributed by atoms with Gasteiger partial charge in [0, 0.05) is 25.6 Å². The smallest absolute Gasteiger partial charge is 0.317 e. The Morgan fingerprint density at radius 3 is 2.57 bits per heavy atom. The fourth-order valence-corrected chi connectivity index (χ4v) is 5.64. The summed E-state index contributed by atoms with van der Waals surface area (Å²) in [6.07, 6.45) is 6.58. The molecule has 0 aromatic heterocycles. The molecule has 132 valence electrons. The van der Waals surface area contributed by atoms with Crippen molar-refractivity contribution >= 4 is 15.9 Å². The fraction of sp³-hybridized carbons (Fsp3) is 0.938. The Balaban J connectivity index is 1.60. The first-order chi connectivity index (χ1) is 10.9. The summed E-state index contributed by atoms with van der Waals surface area (Å²) in [4.78, 5) is 14.4. The van der Waals surface area contributed by atoms with Gasteiger partial charge in [0.05, 0.1) is 24.2 Å². The van der Waals surface area contributed by atoms with E-state index in [9.17, 15) is 13.2 Å². The number of nitrogens with one attached hydrogen (secondary N) is 1. The standard InChI is InChI=1S/C16H28N2O4S/c1-22-12-16(6-3-7-16)11-17-15(19)18-8-9-23(20,21)10-14(18)13-4-2-5-13/h13-14H,2-12H2,1H3,(H,17,19). The quantitative estimate of drug-likeness (QED) is 0.818. The van der Waals surface area contributed by atoms with Crippen LogP contribution in [0.5, 0.6) is 0 Å². The van der Waals surface area contributed by atoms with E-state index < -0.39 is 9.84 Å². The number of urea groups is 1. The van der Waals surface area contributed by atoms with Gasteiger partial charge in [-0.3, -0.25) is 0 Å². The average Bonchev–Trinajstić information content (AvgIpc) is 2.38. The van der Waals surface area contributed by atoms with Gasteiger partial charge in [0.15, 0.2) is 9.84 Å². The SMILES string of the molecule is COCC1(CNC(=O)N2CCS(=O)(=O)CC2C2CCC2)CCC1. The summed E-state index contributed by atoms with van der Waals surface area (Å²) in [5.74, 6) is 0.578. The summed E-state index contributed by atoms with van der Waals surface area (Å²) in [6, 6.07) is -0.235. The summed E-state index contributed by atoms with van der Waals surface area (Å²) < 4.78 is 29.2. The first kappa shape index (κ1) is 17.0. The number of hydrogen-bond donors (Lipinski definition) is 1. The van der Waals surface area contributed by atoms with Crippen molar-refractivity contribution in [1.82, 2.24) is 10.2 Å². The number of methoxy groups -OCH3 is 1. The van der Waals surface area contributed by atoms with Crippen molar-refractivity contribution in [2.24, 2.45) is 11.3 Å². The van der Waals surface area contributed by atoms with Crippen LogP contribution in [-0.4, -0.2) is 63.7 Å². The number of ether oxygens (including phenoxy) is 1. The topological polar surface area (TPSA) is 75.7 Å². The van der Waals surface area contributed by atoms with E-state index in [2.05, 4.69) is 5.32 Å². The van der Waals surface area contributed by atoms with Crippen LogP contribution < -0.4 is 5.32 Å². The van der Waals surface area contributed by atoms with Crippen LogP contribution in [0.25, 0.3) is 0 Å². The first-order valence-corrected chi connectivity index (χ1v) is 10.5. The molecule has 1 N–H and O–H groups in total. The molecule has 3 rings (SSSR count). The maximum Gasteiger partial charge on any atom is 0.317 e. The Morgan fingerprint density at radius 2 is 2.04 bits per heavy atom. The molecule has 2 saturated carbocycles. The van der Waals surface area contributed by atoms with Crippen LogP contribution in [-0.2, 0) is 14.6 Å². The molecule has 3 fully saturated rings. The molecule has 0 bridgehead atoms. The molecule has 1 unspecified atom stereocenters. The molecule has 3 aliphatic rings. The number of hydrogen-bond acceptors (Lipinski definition) is 4. The summed E-state index contributed by atoms with van der Waals surface area (Å²) in [5, 5.41) is 3.05. The van der Waals surface area contributed by atoms with Crippen molar-refractivity contribution in [1.29, 1.82) is 0 Å². The van der Waals surface area contributed by atoms with E-state index in [1.807, 2.05) is 0 Å². The first-order valence-electron chi connectivity index (χ1n) is 8.69. The van der Waals surface area contributed by atoms with Crippen molar-refractivity contribution in [3.05, 3.63) is 0 Å². The van der Waals surface area contributed by atoms with Crippen LogP contribution in [0.2, 0.25) is 0 Å². The largest absolute Gasteiger partial charge is 0.384 e. The molecule has 1 atom stereocenters. The maximum atomic E-state index is 12.6. The molecule has 2 amide bonds. The lowest BCUT2D eigenvalue weighted by Gasteiger charge is -2.45. The summed E-state index contributed by atoms with van der Waals surface area (Å²) >= 11 is 0. The van der Waals surface area contributed by atoms with Crippen LogP contribution in [0.1, 0.15) is 38.5 Å². The van der Waals surface area contributed by atoms with Crippen LogP contribution >= 0.6 is 0 Å². The molecular formula is C16H28N2O4S. The van der Waals surface area contributed by atoms with Crippen molar-refractivity contribution in [3.63, 3.8) is 0 Å². The molecule has 0 aromatic rings. The van der Waals surface area contributed by atoms with E-state index in [1.165, 1.54) is 6.42 Å². The fourth-order valence-electron chi connectivity index (χ4n) is 4.02. The van der Waals surface area contributed by atoms with Gasteiger partial charge in [-0.1, -0.05) is 12.8 Å². The van der Waals surface area contributed by atoms with Gasteiger partial charge < -0.3 is 15.0 Å². The Kier molecular flexibility index (Phi) is 4.88. The minimum absolute atomic E-state index is 0.0816. The lowest BCUT2D eigenvalue weighted by atomic mass is 9.69. The monoisotopic (exact) mass is 344 g/mol. The molecule has 0 aromatic carbocycles. The van der Waals surface area contributed by atoms with Gasteiger partial charge in [-0.05, 0) is 31.6 Å². The van der Waals surface area contributed by atoms with E-state index in [0.717, 1.165) is 32.1 Å². The van der Waals surface area contributed by atoms with Crippen LogP contribution in [0.3, 0.4) is 0 Å². The summed E-state index contributed by atoms with van der Waals surface area (Å²) in [7, 11) is -1.31. The van der Waals surface area contributed by atoms with Gasteiger partial charge in [-0.25, -0.2) is 13.2 Å². The zero-order valence-corrected chi connectivity index (χ0v) is 14.7. The number of rotatable bonds is 5. The summed E-state index contributed by atoms with van der Waals surface area (Å²) in [5.41, 5.74) is 0.0816. The highest BCUT2D eigenvalue weighted by molar-refractivity contribution is 7.91. The highest BCUT2D eigenvalue weighted by atomic mass is 32.2. The third kappa shape index (κ3) is 3.65. The maximum absolute atomic E-state index is 12.6. The number of amides is 2. The lowest BCUT2D eigenvalue weighted by Crippen LogP contribution is -2.59. The highest BCUT2D eigenvalue weighted by Gasteiger charge is 2.42. The lowest BCUT2D eigenvalue weighted by molar-refractivity contribution is 0.0181. The Bertz CT molecular complexity index is 540. The average molecular weight is 344 g/mol. The number of sulfone groups is 1.